The second-order valence-electron chi connectivity index (χ2n) is 8.28. The lowest BCUT2D eigenvalue weighted by molar-refractivity contribution is 0.0464. The molecule has 0 fully saturated rings. The third kappa shape index (κ3) is 3.08. The van der Waals surface area contributed by atoms with E-state index in [0.717, 1.165) is 21.4 Å². The fourth-order valence-electron chi connectivity index (χ4n) is 4.86. The monoisotopic (exact) mass is 443 g/mol. The Morgan fingerprint density at radius 3 is 2.58 bits per heavy atom. The van der Waals surface area contributed by atoms with E-state index in [2.05, 4.69) is 11.1 Å². The van der Waals surface area contributed by atoms with Crippen LogP contribution in [0.1, 0.15) is 22.9 Å². The van der Waals surface area contributed by atoms with E-state index >= 15 is 0 Å². The van der Waals surface area contributed by atoms with Gasteiger partial charge in [0.05, 0.1) is 28.9 Å². The van der Waals surface area contributed by atoms with Gasteiger partial charge in [-0.05, 0) is 17.5 Å². The lowest BCUT2D eigenvalue weighted by Gasteiger charge is -2.28. The lowest BCUT2D eigenvalue weighted by Crippen LogP contribution is -2.37. The van der Waals surface area contributed by atoms with Crippen LogP contribution < -0.4 is 11.2 Å². The van der Waals surface area contributed by atoms with Gasteiger partial charge in [-0.25, -0.2) is 4.79 Å². The minimum Gasteiger partial charge on any atom is -0.507 e. The van der Waals surface area contributed by atoms with Crippen molar-refractivity contribution < 1.29 is 9.84 Å². The van der Waals surface area contributed by atoms with Crippen LogP contribution in [0.15, 0.2) is 70.8 Å². The van der Waals surface area contributed by atoms with Gasteiger partial charge in [-0.1, -0.05) is 54.6 Å². The molecule has 1 atom stereocenters. The highest BCUT2D eigenvalue weighted by Crippen LogP contribution is 2.43. The molecule has 4 aromatic rings. The van der Waals surface area contributed by atoms with Crippen LogP contribution in [0.5, 0.6) is 5.75 Å². The summed E-state index contributed by atoms with van der Waals surface area (Å²) in [6.07, 6.45) is 1.61. The van der Waals surface area contributed by atoms with Gasteiger partial charge in [0.25, 0.3) is 5.56 Å². The number of rotatable bonds is 4. The number of benzene rings is 2. The van der Waals surface area contributed by atoms with Crippen molar-refractivity contribution in [2.45, 2.75) is 19.1 Å². The van der Waals surface area contributed by atoms with Crippen LogP contribution in [-0.4, -0.2) is 25.4 Å². The van der Waals surface area contributed by atoms with E-state index in [1.165, 1.54) is 11.6 Å². The molecule has 1 N–H and O–H groups in total. The van der Waals surface area contributed by atoms with Crippen LogP contribution in [0, 0.1) is 0 Å². The molecule has 0 saturated heterocycles. The van der Waals surface area contributed by atoms with Gasteiger partial charge in [0.15, 0.2) is 0 Å². The average Bonchev–Trinajstić information content (AvgIpc) is 3.19. The minimum atomic E-state index is -0.638. The molecule has 0 radical (unpaired) electrons. The highest BCUT2D eigenvalue weighted by Gasteiger charge is 2.34. The highest BCUT2D eigenvalue weighted by molar-refractivity contribution is 5.96. The molecule has 0 unspecified atom stereocenters. The summed E-state index contributed by atoms with van der Waals surface area (Å²) in [5.74, 6) is 0.139. The molecule has 5 rings (SSSR count). The summed E-state index contributed by atoms with van der Waals surface area (Å²) in [6.45, 7) is 4.69. The van der Waals surface area contributed by atoms with Gasteiger partial charge < -0.3 is 14.4 Å². The molecule has 1 aliphatic rings. The molecule has 0 amide bonds. The fourth-order valence-corrected chi connectivity index (χ4v) is 4.86. The number of aryl methyl sites for hydroxylation is 1. The Labute approximate surface area is 190 Å². The molecule has 1 aliphatic heterocycles. The van der Waals surface area contributed by atoms with Crippen LogP contribution in [-0.2, 0) is 31.8 Å². The molecule has 168 valence electrons. The number of hydrogen-bond acceptors (Lipinski definition) is 4. The van der Waals surface area contributed by atoms with Crippen molar-refractivity contribution in [3.8, 4) is 17.0 Å². The molecule has 2 aromatic heterocycles. The summed E-state index contributed by atoms with van der Waals surface area (Å²) in [5, 5.41) is 11.5. The van der Waals surface area contributed by atoms with Gasteiger partial charge in [-0.2, -0.15) is 0 Å². The zero-order valence-corrected chi connectivity index (χ0v) is 18.6. The van der Waals surface area contributed by atoms with Gasteiger partial charge in [0, 0.05) is 26.2 Å². The van der Waals surface area contributed by atoms with Gasteiger partial charge >= 0.3 is 5.69 Å². The Hall–Kier alpha value is -3.84. The molecular formula is C26H25N3O4. The van der Waals surface area contributed by atoms with E-state index in [1.807, 2.05) is 48.5 Å². The number of hydrogen-bond donors (Lipinski definition) is 1. The molecule has 3 heterocycles. The SMILES string of the molecule is C=CCc1cccc([C@@H]2OCCn3c(-c4ccccc4)c4c(=O)n(C)c(=O)n(C)c4c32)c1O. The highest BCUT2D eigenvalue weighted by atomic mass is 16.5. The Kier molecular flexibility index (Phi) is 5.06. The Morgan fingerprint density at radius 1 is 1.09 bits per heavy atom. The van der Waals surface area contributed by atoms with Crippen LogP contribution in [0.3, 0.4) is 0 Å². The molecule has 0 bridgehead atoms. The summed E-state index contributed by atoms with van der Waals surface area (Å²) in [6, 6.07) is 15.2. The van der Waals surface area contributed by atoms with Crippen LogP contribution in [0.25, 0.3) is 22.2 Å². The van der Waals surface area contributed by atoms with Crippen molar-refractivity contribution in [1.29, 1.82) is 0 Å². The maximum Gasteiger partial charge on any atom is 0.331 e. The topological polar surface area (TPSA) is 78.4 Å². The quantitative estimate of drug-likeness (QED) is 0.491. The zero-order valence-electron chi connectivity index (χ0n) is 18.6. The molecule has 33 heavy (non-hydrogen) atoms. The zero-order chi connectivity index (χ0) is 23.3. The van der Waals surface area contributed by atoms with Crippen molar-refractivity contribution in [2.75, 3.05) is 6.61 Å². The predicted molar refractivity (Wildman–Crippen MR) is 128 cm³/mol. The van der Waals surface area contributed by atoms with E-state index in [4.69, 9.17) is 4.74 Å². The third-order valence-corrected chi connectivity index (χ3v) is 6.40. The average molecular weight is 444 g/mol. The van der Waals surface area contributed by atoms with E-state index in [1.54, 1.807) is 13.1 Å². The van der Waals surface area contributed by atoms with E-state index in [0.29, 0.717) is 41.7 Å². The standard InChI is InChI=1S/C26H25N3O4/c1-4-9-17-12-8-13-18(23(17)30)24-22-21-19(25(31)28(3)26(32)27(21)2)20(29(22)14-15-33-24)16-10-6-5-7-11-16/h4-8,10-13,24,30H,1,9,14-15H2,2-3H3/t24-/m0/s1. The largest absolute Gasteiger partial charge is 0.507 e. The molecule has 7 nitrogen and oxygen atoms in total. The first-order valence-electron chi connectivity index (χ1n) is 10.9. The van der Waals surface area contributed by atoms with E-state index in [-0.39, 0.29) is 11.3 Å². The number of phenols is 1. The Bertz CT molecular complexity index is 1510. The summed E-state index contributed by atoms with van der Waals surface area (Å²) in [4.78, 5) is 26.3. The first-order valence-corrected chi connectivity index (χ1v) is 10.9. The molecule has 0 spiro atoms. The third-order valence-electron chi connectivity index (χ3n) is 6.40. The first-order chi connectivity index (χ1) is 16.0. The van der Waals surface area contributed by atoms with Crippen molar-refractivity contribution in [1.82, 2.24) is 13.7 Å². The number of phenolic OH excluding ortho intramolecular Hbond substituents is 1. The normalized spacial score (nSPS) is 15.5. The lowest BCUT2D eigenvalue weighted by atomic mass is 9.99. The summed E-state index contributed by atoms with van der Waals surface area (Å²) in [5.41, 5.74) is 3.45. The fraction of sp³-hybridized carbons (Fsp3) is 0.231. The number of nitrogens with zero attached hydrogens (tertiary/aromatic N) is 3. The number of fused-ring (bicyclic) bond motifs is 3. The molecule has 2 aromatic carbocycles. The van der Waals surface area contributed by atoms with E-state index < -0.39 is 11.8 Å². The molecule has 0 saturated carbocycles. The smallest absolute Gasteiger partial charge is 0.331 e. The summed E-state index contributed by atoms with van der Waals surface area (Å²) >= 11 is 0. The van der Waals surface area contributed by atoms with Gasteiger partial charge in [-0.3, -0.25) is 13.9 Å². The minimum absolute atomic E-state index is 0.139. The maximum atomic E-state index is 13.4. The Balaban J connectivity index is 1.92. The van der Waals surface area contributed by atoms with Gasteiger partial charge in [0.2, 0.25) is 0 Å². The summed E-state index contributed by atoms with van der Waals surface area (Å²) in [7, 11) is 3.16. The van der Waals surface area contributed by atoms with Crippen molar-refractivity contribution in [3.63, 3.8) is 0 Å². The second kappa shape index (κ2) is 7.94. The number of para-hydroxylation sites is 1. The number of ether oxygens (including phenoxy) is 1. The molecule has 7 heteroatoms. The molecule has 0 aliphatic carbocycles. The number of allylic oxidation sites excluding steroid dienone is 1. The number of aromatic nitrogens is 3. The van der Waals surface area contributed by atoms with E-state index in [9.17, 15) is 14.7 Å². The van der Waals surface area contributed by atoms with Crippen LogP contribution in [0.2, 0.25) is 0 Å². The molecular weight excluding hydrogens is 418 g/mol. The maximum absolute atomic E-state index is 13.4. The van der Waals surface area contributed by atoms with Crippen LogP contribution in [0.4, 0.5) is 0 Å². The Morgan fingerprint density at radius 2 is 1.85 bits per heavy atom. The predicted octanol–water partition coefficient (Wildman–Crippen LogP) is 3.26. The van der Waals surface area contributed by atoms with Gasteiger partial charge in [0.1, 0.15) is 11.9 Å². The van der Waals surface area contributed by atoms with Crippen LogP contribution >= 0.6 is 0 Å². The van der Waals surface area contributed by atoms with Gasteiger partial charge in [-0.15, -0.1) is 6.58 Å². The summed E-state index contributed by atoms with van der Waals surface area (Å²) < 4.78 is 10.9. The van der Waals surface area contributed by atoms with Crippen molar-refractivity contribution >= 4 is 10.9 Å². The second-order valence-corrected chi connectivity index (χ2v) is 8.28. The number of aromatic hydroxyl groups is 1. The van der Waals surface area contributed by atoms with Crippen molar-refractivity contribution in [3.05, 3.63) is 98.8 Å². The van der Waals surface area contributed by atoms with Crippen molar-refractivity contribution in [2.24, 2.45) is 14.1 Å². The first kappa shape index (κ1) is 21.0.